The highest BCUT2D eigenvalue weighted by molar-refractivity contribution is 5.84. The Bertz CT molecular complexity index is 692. The van der Waals surface area contributed by atoms with Gasteiger partial charge in [-0.15, -0.1) is 0 Å². The monoisotopic (exact) mass is 512 g/mol. The molecule has 0 aliphatic heterocycles. The number of hydrogen-bond acceptors (Lipinski definition) is 12. The molecule has 0 radical (unpaired) electrons. The standard InChI is InChI=1S/C7H13N3O5.C6H14N2O2.C5H9NO4/c8-3(1-5(10)11)7(14)15-2-4(9)6(12)13;7-4-2-1-3-5(8)6(9)10;6-3(5(9)10)1-2-4(7)8/h3-4H,1-2,8-9H2,(H2,10,11)(H,12,13);5H,1-4,7-8H2,(H,9,10);3H,1-2,6H2,(H,7,8)(H,9,10)/t3-,4-;5-;3-/m000/s1. The summed E-state index contributed by atoms with van der Waals surface area (Å²) in [6.45, 7) is 0.104. The molecule has 1 amide bonds. The van der Waals surface area contributed by atoms with Crippen LogP contribution in [0.3, 0.4) is 0 Å². The van der Waals surface area contributed by atoms with Gasteiger partial charge in [0.2, 0.25) is 5.91 Å². The van der Waals surface area contributed by atoms with Crippen molar-refractivity contribution >= 4 is 35.8 Å². The number of rotatable bonds is 15. The second-order valence-electron chi connectivity index (χ2n) is 6.96. The molecule has 0 saturated carbocycles. The van der Waals surface area contributed by atoms with Gasteiger partial charge >= 0.3 is 29.8 Å². The fraction of sp³-hybridized carbons (Fsp3) is 0.667. The van der Waals surface area contributed by atoms with Crippen LogP contribution in [0.2, 0.25) is 0 Å². The van der Waals surface area contributed by atoms with Crippen LogP contribution in [0.5, 0.6) is 0 Å². The number of carbonyl (C=O) groups excluding carboxylic acids is 2. The minimum Gasteiger partial charge on any atom is -0.481 e. The van der Waals surface area contributed by atoms with E-state index in [1.54, 1.807) is 0 Å². The molecule has 17 nitrogen and oxygen atoms in total. The summed E-state index contributed by atoms with van der Waals surface area (Å²) in [6.07, 6.45) is 1.58. The van der Waals surface area contributed by atoms with Crippen LogP contribution in [-0.2, 0) is 33.5 Å². The van der Waals surface area contributed by atoms with Gasteiger partial charge in [-0.05, 0) is 25.8 Å². The Morgan fingerprint density at radius 2 is 1.14 bits per heavy atom. The number of ether oxygens (including phenoxy) is 1. The molecule has 35 heavy (non-hydrogen) atoms. The molecule has 17 heteroatoms. The van der Waals surface area contributed by atoms with Gasteiger partial charge in [0.05, 0.1) is 6.42 Å². The highest BCUT2D eigenvalue weighted by Gasteiger charge is 2.20. The number of carboxylic acid groups (broad SMARTS) is 4. The van der Waals surface area contributed by atoms with Crippen molar-refractivity contribution < 1.29 is 53.9 Å². The van der Waals surface area contributed by atoms with Crippen molar-refractivity contribution in [1.82, 2.24) is 0 Å². The molecule has 0 heterocycles. The van der Waals surface area contributed by atoms with Crippen LogP contribution >= 0.6 is 0 Å². The molecule has 4 atom stereocenters. The lowest BCUT2D eigenvalue weighted by Gasteiger charge is -2.11. The van der Waals surface area contributed by atoms with Gasteiger partial charge in [0.25, 0.3) is 0 Å². The first-order valence-electron chi connectivity index (χ1n) is 10.1. The fourth-order valence-corrected chi connectivity index (χ4v) is 1.68. The normalized spacial score (nSPS) is 13.3. The second-order valence-corrected chi connectivity index (χ2v) is 6.96. The molecule has 16 N–H and O–H groups in total. The summed E-state index contributed by atoms with van der Waals surface area (Å²) >= 11 is 0. The SMILES string of the molecule is NC(=O)C[C@H](N)C(=O)OC[C@H](N)C(=O)O.NCCCC[C@H](N)C(=O)O.N[C@@H](CCC(=O)O)C(=O)O. The molecular weight excluding hydrogens is 476 g/mol. The van der Waals surface area contributed by atoms with Crippen LogP contribution in [0.4, 0.5) is 0 Å². The van der Waals surface area contributed by atoms with Crippen molar-refractivity contribution in [3.8, 4) is 0 Å². The highest BCUT2D eigenvalue weighted by atomic mass is 16.5. The Labute approximate surface area is 200 Å². The van der Waals surface area contributed by atoms with Crippen LogP contribution in [0.1, 0.15) is 38.5 Å². The van der Waals surface area contributed by atoms with E-state index in [1.165, 1.54) is 0 Å². The van der Waals surface area contributed by atoms with E-state index in [4.69, 9.17) is 54.8 Å². The molecule has 0 aromatic carbocycles. The Hall–Kier alpha value is -3.38. The number of carbonyl (C=O) groups is 6. The first kappa shape index (κ1) is 36.2. The van der Waals surface area contributed by atoms with Gasteiger partial charge in [0.15, 0.2) is 0 Å². The van der Waals surface area contributed by atoms with E-state index in [2.05, 4.69) is 4.74 Å². The number of amides is 1. The number of esters is 1. The summed E-state index contributed by atoms with van der Waals surface area (Å²) in [5.74, 6) is -6.09. The van der Waals surface area contributed by atoms with Crippen LogP contribution in [-0.4, -0.2) is 93.5 Å². The van der Waals surface area contributed by atoms with E-state index >= 15 is 0 Å². The topological polar surface area (TPSA) is 349 Å². The minimum absolute atomic E-state index is 0.0231. The van der Waals surface area contributed by atoms with E-state index in [0.29, 0.717) is 13.0 Å². The maximum absolute atomic E-state index is 11.0. The third-order valence-corrected chi connectivity index (χ3v) is 3.72. The highest BCUT2D eigenvalue weighted by Crippen LogP contribution is 1.97. The summed E-state index contributed by atoms with van der Waals surface area (Å²) in [7, 11) is 0. The second kappa shape index (κ2) is 21.2. The van der Waals surface area contributed by atoms with Gasteiger partial charge < -0.3 is 59.6 Å². The third kappa shape index (κ3) is 25.1. The quantitative estimate of drug-likeness (QED) is 0.0736. The van der Waals surface area contributed by atoms with E-state index in [9.17, 15) is 28.8 Å². The largest absolute Gasteiger partial charge is 0.481 e. The van der Waals surface area contributed by atoms with Crippen molar-refractivity contribution in [2.75, 3.05) is 13.2 Å². The zero-order chi connectivity index (χ0) is 28.1. The van der Waals surface area contributed by atoms with Crippen LogP contribution in [0, 0.1) is 0 Å². The zero-order valence-corrected chi connectivity index (χ0v) is 19.1. The van der Waals surface area contributed by atoms with Crippen LogP contribution in [0.25, 0.3) is 0 Å². The number of unbranched alkanes of at least 4 members (excludes halogenated alkanes) is 1. The molecule has 0 aromatic heterocycles. The van der Waals surface area contributed by atoms with Gasteiger partial charge in [-0.2, -0.15) is 0 Å². The average molecular weight is 513 g/mol. The summed E-state index contributed by atoms with van der Waals surface area (Å²) in [5, 5.41) is 33.0. The van der Waals surface area contributed by atoms with Crippen LogP contribution < -0.4 is 34.4 Å². The van der Waals surface area contributed by atoms with Gasteiger partial charge in [-0.3, -0.25) is 28.8 Å². The Balaban J connectivity index is -0.000000454. The fourth-order valence-electron chi connectivity index (χ4n) is 1.68. The smallest absolute Gasteiger partial charge is 0.324 e. The molecule has 0 aromatic rings. The lowest BCUT2D eigenvalue weighted by molar-refractivity contribution is -0.150. The van der Waals surface area contributed by atoms with Crippen molar-refractivity contribution in [3.63, 3.8) is 0 Å². The summed E-state index contributed by atoms with van der Waals surface area (Å²) < 4.78 is 4.45. The summed E-state index contributed by atoms with van der Waals surface area (Å²) in [5.41, 5.74) is 30.5. The van der Waals surface area contributed by atoms with Gasteiger partial charge in [0.1, 0.15) is 30.8 Å². The molecule has 0 aliphatic rings. The average Bonchev–Trinajstić information content (AvgIpc) is 2.75. The molecule has 0 saturated heterocycles. The number of aliphatic carboxylic acids is 4. The summed E-state index contributed by atoms with van der Waals surface area (Å²) in [4.78, 5) is 61.6. The van der Waals surface area contributed by atoms with E-state index < -0.39 is 66.5 Å². The molecule has 0 unspecified atom stereocenters. The molecule has 0 rings (SSSR count). The van der Waals surface area contributed by atoms with Gasteiger partial charge in [-0.1, -0.05) is 6.42 Å². The Kier molecular flexibility index (Phi) is 21.9. The molecule has 0 bridgehead atoms. The predicted molar refractivity (Wildman–Crippen MR) is 119 cm³/mol. The molecular formula is C18H36N6O11. The lowest BCUT2D eigenvalue weighted by Crippen LogP contribution is -2.41. The van der Waals surface area contributed by atoms with Crippen molar-refractivity contribution in [3.05, 3.63) is 0 Å². The van der Waals surface area contributed by atoms with Crippen molar-refractivity contribution in [2.45, 2.75) is 62.7 Å². The van der Waals surface area contributed by atoms with Gasteiger partial charge in [-0.25, -0.2) is 0 Å². The number of hydrogen-bond donors (Lipinski definition) is 10. The summed E-state index contributed by atoms with van der Waals surface area (Å²) in [6, 6.07) is -4.28. The third-order valence-electron chi connectivity index (χ3n) is 3.72. The van der Waals surface area contributed by atoms with Crippen molar-refractivity contribution in [1.29, 1.82) is 0 Å². The number of primary amides is 1. The molecule has 204 valence electrons. The van der Waals surface area contributed by atoms with Crippen molar-refractivity contribution in [2.24, 2.45) is 34.4 Å². The predicted octanol–water partition coefficient (Wildman–Crippen LogP) is -4.07. The Morgan fingerprint density at radius 1 is 0.686 bits per heavy atom. The zero-order valence-electron chi connectivity index (χ0n) is 19.1. The number of nitrogens with two attached hydrogens (primary N) is 6. The maximum atomic E-state index is 11.0. The lowest BCUT2D eigenvalue weighted by atomic mass is 10.1. The first-order chi connectivity index (χ1) is 16.1. The van der Waals surface area contributed by atoms with E-state index in [1.807, 2.05) is 0 Å². The number of carboxylic acids is 4. The van der Waals surface area contributed by atoms with Crippen LogP contribution in [0.15, 0.2) is 0 Å². The maximum Gasteiger partial charge on any atom is 0.324 e. The van der Waals surface area contributed by atoms with Gasteiger partial charge in [0, 0.05) is 6.42 Å². The Morgan fingerprint density at radius 3 is 1.51 bits per heavy atom. The molecule has 0 spiro atoms. The minimum atomic E-state index is -1.31. The van der Waals surface area contributed by atoms with E-state index in [-0.39, 0.29) is 19.3 Å². The first-order valence-corrected chi connectivity index (χ1v) is 10.1. The van der Waals surface area contributed by atoms with E-state index in [0.717, 1.165) is 12.8 Å². The molecule has 0 aliphatic carbocycles. The molecule has 0 fully saturated rings.